The van der Waals surface area contributed by atoms with Crippen LogP contribution in [0.1, 0.15) is 47.8 Å². The number of cyclic esters (lactones) is 1. The highest BCUT2D eigenvalue weighted by Crippen LogP contribution is 2.35. The standard InChI is InChI=1S/C42H62N2O9SSi2/c1-42(2)51-30-37-27-36(15-16-39(37)53-42)40-28-43(41(45)52-40)19-17-33-11-9-13-35(25-33)29-48-20-18-34-12-10-14-38(26-34)54(46,47)44(31-49-21-23-55(3,4)5)32-50-22-24-56(6,7)8/h9-16,25-27,40H,17-24,28-32H2,1-8H3/t40-/m0/s1. The number of ether oxygens (including phenoxy) is 6. The molecule has 11 nitrogen and oxygen atoms in total. The van der Waals surface area contributed by atoms with E-state index in [2.05, 4.69) is 51.4 Å². The largest absolute Gasteiger partial charge is 0.463 e. The lowest BCUT2D eigenvalue weighted by Crippen LogP contribution is -2.36. The summed E-state index contributed by atoms with van der Waals surface area (Å²) in [5.74, 6) is 0.129. The lowest BCUT2D eigenvalue weighted by molar-refractivity contribution is -0.180. The first-order valence-electron chi connectivity index (χ1n) is 19.7. The third-order valence-corrected chi connectivity index (χ3v) is 14.9. The number of nitrogens with zero attached hydrogens (tertiary/aromatic N) is 2. The summed E-state index contributed by atoms with van der Waals surface area (Å²) in [4.78, 5) is 14.7. The summed E-state index contributed by atoms with van der Waals surface area (Å²) >= 11 is 0. The number of hydrogen-bond acceptors (Lipinski definition) is 9. The molecule has 2 aliphatic heterocycles. The van der Waals surface area contributed by atoms with Crippen LogP contribution in [0.4, 0.5) is 4.79 Å². The molecule has 0 radical (unpaired) electrons. The maximum Gasteiger partial charge on any atom is 0.410 e. The van der Waals surface area contributed by atoms with Gasteiger partial charge >= 0.3 is 6.09 Å². The average molecular weight is 827 g/mol. The quantitative estimate of drug-likeness (QED) is 0.0594. The van der Waals surface area contributed by atoms with E-state index in [1.807, 2.05) is 50.2 Å². The van der Waals surface area contributed by atoms with Gasteiger partial charge in [0.15, 0.2) is 0 Å². The van der Waals surface area contributed by atoms with Crippen molar-refractivity contribution in [3.8, 4) is 5.75 Å². The Morgan fingerprint density at radius 1 is 0.804 bits per heavy atom. The van der Waals surface area contributed by atoms with Crippen molar-refractivity contribution in [1.29, 1.82) is 0 Å². The van der Waals surface area contributed by atoms with Gasteiger partial charge in [0.1, 0.15) is 25.3 Å². The number of hydrogen-bond donors (Lipinski definition) is 0. The molecule has 0 aliphatic carbocycles. The Labute approximate surface area is 336 Å². The van der Waals surface area contributed by atoms with E-state index in [0.29, 0.717) is 59.0 Å². The van der Waals surface area contributed by atoms with Crippen molar-refractivity contribution in [3.63, 3.8) is 0 Å². The van der Waals surface area contributed by atoms with Crippen LogP contribution in [0.2, 0.25) is 51.4 Å². The molecule has 0 unspecified atom stereocenters. The maximum absolute atomic E-state index is 13.8. The molecule has 1 atom stereocenters. The zero-order chi connectivity index (χ0) is 40.6. The van der Waals surface area contributed by atoms with E-state index in [0.717, 1.165) is 45.7 Å². The van der Waals surface area contributed by atoms with Gasteiger partial charge in [-0.25, -0.2) is 13.2 Å². The molecule has 0 N–H and O–H groups in total. The first-order chi connectivity index (χ1) is 26.4. The second-order valence-electron chi connectivity index (χ2n) is 17.6. The highest BCUT2D eigenvalue weighted by Gasteiger charge is 2.34. The first-order valence-corrected chi connectivity index (χ1v) is 28.5. The number of benzene rings is 3. The lowest BCUT2D eigenvalue weighted by Gasteiger charge is -2.32. The number of amides is 1. The molecule has 2 aliphatic rings. The van der Waals surface area contributed by atoms with E-state index < -0.39 is 32.0 Å². The van der Waals surface area contributed by atoms with Crippen molar-refractivity contribution in [2.24, 2.45) is 0 Å². The van der Waals surface area contributed by atoms with Crippen LogP contribution in [0, 0.1) is 0 Å². The topological polar surface area (TPSA) is 113 Å². The minimum Gasteiger partial charge on any atom is -0.463 e. The van der Waals surface area contributed by atoms with Gasteiger partial charge in [-0.3, -0.25) is 0 Å². The van der Waals surface area contributed by atoms with Crippen LogP contribution in [0.5, 0.6) is 5.75 Å². The normalized spacial score (nSPS) is 17.2. The molecule has 56 heavy (non-hydrogen) atoms. The Morgan fingerprint density at radius 2 is 1.45 bits per heavy atom. The third kappa shape index (κ3) is 13.5. The zero-order valence-corrected chi connectivity index (χ0v) is 37.4. The van der Waals surface area contributed by atoms with Crippen LogP contribution in [-0.2, 0) is 59.8 Å². The molecular formula is C42H62N2O9SSi2. The van der Waals surface area contributed by atoms with Gasteiger partial charge in [0.2, 0.25) is 15.8 Å². The molecule has 1 amide bonds. The Morgan fingerprint density at radius 3 is 2.12 bits per heavy atom. The predicted octanol–water partition coefficient (Wildman–Crippen LogP) is 8.44. The Bertz CT molecular complexity index is 1860. The van der Waals surface area contributed by atoms with Crippen LogP contribution in [-0.4, -0.2) is 92.0 Å². The third-order valence-electron chi connectivity index (χ3n) is 9.74. The van der Waals surface area contributed by atoms with Crippen molar-refractivity contribution in [1.82, 2.24) is 9.21 Å². The van der Waals surface area contributed by atoms with Crippen molar-refractivity contribution in [3.05, 3.63) is 94.5 Å². The highest BCUT2D eigenvalue weighted by atomic mass is 32.2. The van der Waals surface area contributed by atoms with Gasteiger partial charge in [-0.05, 0) is 71.4 Å². The summed E-state index contributed by atoms with van der Waals surface area (Å²) in [5.41, 5.74) is 4.88. The molecule has 2 heterocycles. The number of carbonyl (C=O) groups excluding carboxylic acids is 1. The molecule has 0 saturated carbocycles. The van der Waals surface area contributed by atoms with Crippen LogP contribution in [0.15, 0.2) is 71.6 Å². The summed E-state index contributed by atoms with van der Waals surface area (Å²) in [6.45, 7) is 20.7. The van der Waals surface area contributed by atoms with Crippen molar-refractivity contribution < 1.29 is 41.6 Å². The zero-order valence-electron chi connectivity index (χ0n) is 34.6. The number of carbonyl (C=O) groups is 1. The molecule has 1 fully saturated rings. The Hall–Kier alpha value is -3.09. The summed E-state index contributed by atoms with van der Waals surface area (Å²) in [5, 5.41) is 0. The average Bonchev–Trinajstić information content (AvgIpc) is 3.50. The van der Waals surface area contributed by atoms with Gasteiger partial charge in [-0.1, -0.05) is 81.7 Å². The fraction of sp³-hybridized carbons (Fsp3) is 0.548. The summed E-state index contributed by atoms with van der Waals surface area (Å²) in [6, 6.07) is 23.0. The number of rotatable bonds is 21. The second-order valence-corrected chi connectivity index (χ2v) is 30.8. The molecular weight excluding hydrogens is 765 g/mol. The van der Waals surface area contributed by atoms with E-state index >= 15 is 0 Å². The fourth-order valence-electron chi connectivity index (χ4n) is 6.22. The van der Waals surface area contributed by atoms with Crippen LogP contribution in [0.25, 0.3) is 0 Å². The van der Waals surface area contributed by atoms with Gasteiger partial charge < -0.3 is 33.3 Å². The predicted molar refractivity (Wildman–Crippen MR) is 224 cm³/mol. The number of fused-ring (bicyclic) bond motifs is 1. The molecule has 3 aromatic carbocycles. The molecule has 5 rings (SSSR count). The van der Waals surface area contributed by atoms with Crippen molar-refractivity contribution in [2.45, 2.75) is 108 Å². The van der Waals surface area contributed by atoms with Gasteiger partial charge in [0, 0.05) is 55.3 Å². The van der Waals surface area contributed by atoms with Gasteiger partial charge in [0.05, 0.1) is 31.3 Å². The molecule has 0 aromatic heterocycles. The fourth-order valence-corrected chi connectivity index (χ4v) is 9.01. The monoisotopic (exact) mass is 826 g/mol. The highest BCUT2D eigenvalue weighted by molar-refractivity contribution is 7.89. The molecule has 14 heteroatoms. The smallest absolute Gasteiger partial charge is 0.410 e. The minimum atomic E-state index is -3.85. The Kier molecular flexibility index (Phi) is 15.0. The number of sulfonamides is 1. The summed E-state index contributed by atoms with van der Waals surface area (Å²) in [7, 11) is -6.50. The summed E-state index contributed by atoms with van der Waals surface area (Å²) < 4.78 is 64.2. The van der Waals surface area contributed by atoms with Gasteiger partial charge in [0.25, 0.3) is 0 Å². The van der Waals surface area contributed by atoms with E-state index in [1.54, 1.807) is 23.1 Å². The van der Waals surface area contributed by atoms with E-state index in [9.17, 15) is 13.2 Å². The molecule has 3 aromatic rings. The second kappa shape index (κ2) is 19.1. The van der Waals surface area contributed by atoms with Crippen molar-refractivity contribution in [2.75, 3.05) is 46.4 Å². The minimum absolute atomic E-state index is 0.0465. The lowest BCUT2D eigenvalue weighted by atomic mass is 10.0. The first kappa shape index (κ1) is 44.0. The van der Waals surface area contributed by atoms with E-state index in [-0.39, 0.29) is 30.6 Å². The molecule has 0 spiro atoms. The molecule has 308 valence electrons. The molecule has 0 bridgehead atoms. The summed E-state index contributed by atoms with van der Waals surface area (Å²) in [6.07, 6.45) is 0.575. The van der Waals surface area contributed by atoms with Crippen LogP contribution < -0.4 is 4.74 Å². The van der Waals surface area contributed by atoms with E-state index in [4.69, 9.17) is 28.4 Å². The Balaban J connectivity index is 1.09. The SMILES string of the molecule is CC1(C)OCc2cc([C@@H]3CN(CCc4cccc(COCCc5cccc(S(=O)(=O)N(COCC[Si](C)(C)C)COCC[Si](C)(C)C)c5)c4)C(=O)O3)ccc2O1. The van der Waals surface area contributed by atoms with E-state index in [1.165, 1.54) is 4.31 Å². The van der Waals surface area contributed by atoms with Gasteiger partial charge in [-0.15, -0.1) is 4.31 Å². The molecule has 1 saturated heterocycles. The van der Waals surface area contributed by atoms with Crippen molar-refractivity contribution >= 4 is 32.3 Å². The van der Waals surface area contributed by atoms with Crippen LogP contribution in [0.3, 0.4) is 0 Å². The van der Waals surface area contributed by atoms with Gasteiger partial charge in [-0.2, -0.15) is 0 Å². The van der Waals surface area contributed by atoms with Crippen LogP contribution >= 0.6 is 0 Å². The maximum atomic E-state index is 13.8.